The fourth-order valence-electron chi connectivity index (χ4n) is 1.87. The molecule has 1 aromatic rings. The van der Waals surface area contributed by atoms with Gasteiger partial charge in [0.05, 0.1) is 0 Å². The number of rotatable bonds is 9. The Kier molecular flexibility index (Phi) is 7.74. The van der Waals surface area contributed by atoms with E-state index in [1.807, 2.05) is 0 Å². The van der Waals surface area contributed by atoms with Crippen LogP contribution in [0.2, 0.25) is 0 Å². The second kappa shape index (κ2) is 9.15. The second-order valence-corrected chi connectivity index (χ2v) is 5.70. The van der Waals surface area contributed by atoms with Crippen LogP contribution < -0.4 is 0 Å². The molecule has 0 spiro atoms. The maximum atomic E-state index is 9.62. The average molecular weight is 268 g/mol. The lowest BCUT2D eigenvalue weighted by Gasteiger charge is -2.06. The standard InChI is InChI=1S/C15H24O2S/c1-2-3-4-5-6-7-11-18-12-13-14(16)9-8-10-15(13)17/h8-10,16-17H,2-7,11-12H2,1H3. The summed E-state index contributed by atoms with van der Waals surface area (Å²) in [6, 6.07) is 4.91. The molecule has 0 heterocycles. The van der Waals surface area contributed by atoms with Crippen LogP contribution in [0.15, 0.2) is 18.2 Å². The Morgan fingerprint density at radius 2 is 1.56 bits per heavy atom. The van der Waals surface area contributed by atoms with Crippen LogP contribution in [0.25, 0.3) is 0 Å². The molecule has 0 amide bonds. The topological polar surface area (TPSA) is 40.5 Å². The molecule has 3 heteroatoms. The van der Waals surface area contributed by atoms with Gasteiger partial charge in [-0.05, 0) is 24.3 Å². The zero-order valence-electron chi connectivity index (χ0n) is 11.2. The smallest absolute Gasteiger partial charge is 0.123 e. The Balaban J connectivity index is 2.11. The molecule has 1 rings (SSSR count). The van der Waals surface area contributed by atoms with E-state index in [0.717, 1.165) is 5.75 Å². The van der Waals surface area contributed by atoms with Gasteiger partial charge in [-0.1, -0.05) is 45.1 Å². The quantitative estimate of drug-likeness (QED) is 0.638. The summed E-state index contributed by atoms with van der Waals surface area (Å²) in [5.74, 6) is 2.18. The summed E-state index contributed by atoms with van der Waals surface area (Å²) in [7, 11) is 0. The minimum absolute atomic E-state index is 0.199. The highest BCUT2D eigenvalue weighted by atomic mass is 32.2. The highest BCUT2D eigenvalue weighted by molar-refractivity contribution is 7.98. The predicted molar refractivity (Wildman–Crippen MR) is 79.3 cm³/mol. The first-order valence-corrected chi connectivity index (χ1v) is 7.98. The molecular weight excluding hydrogens is 244 g/mol. The van der Waals surface area contributed by atoms with E-state index in [-0.39, 0.29) is 11.5 Å². The SMILES string of the molecule is CCCCCCCCSCc1c(O)cccc1O. The van der Waals surface area contributed by atoms with Gasteiger partial charge in [-0.2, -0.15) is 11.8 Å². The summed E-state index contributed by atoms with van der Waals surface area (Å²) < 4.78 is 0. The number of benzene rings is 1. The molecule has 0 saturated carbocycles. The van der Waals surface area contributed by atoms with Gasteiger partial charge < -0.3 is 10.2 Å². The van der Waals surface area contributed by atoms with Crippen LogP contribution in [0.4, 0.5) is 0 Å². The van der Waals surface area contributed by atoms with Crippen LogP contribution in [0.3, 0.4) is 0 Å². The van der Waals surface area contributed by atoms with E-state index in [4.69, 9.17) is 0 Å². The molecule has 2 N–H and O–H groups in total. The van der Waals surface area contributed by atoms with Crippen LogP contribution in [-0.2, 0) is 5.75 Å². The van der Waals surface area contributed by atoms with Crippen molar-refractivity contribution in [1.82, 2.24) is 0 Å². The lowest BCUT2D eigenvalue weighted by atomic mass is 10.1. The Hall–Kier alpha value is -0.830. The number of thioether (sulfide) groups is 1. The van der Waals surface area contributed by atoms with E-state index in [9.17, 15) is 10.2 Å². The van der Waals surface area contributed by atoms with Crippen molar-refractivity contribution in [3.63, 3.8) is 0 Å². The summed E-state index contributed by atoms with van der Waals surface area (Å²) in [5.41, 5.74) is 0.661. The molecule has 0 aliphatic heterocycles. The molecular formula is C15H24O2S. The van der Waals surface area contributed by atoms with Crippen LogP contribution in [-0.4, -0.2) is 16.0 Å². The molecule has 0 radical (unpaired) electrons. The van der Waals surface area contributed by atoms with Crippen molar-refractivity contribution in [3.8, 4) is 11.5 Å². The zero-order chi connectivity index (χ0) is 13.2. The number of phenols is 2. The van der Waals surface area contributed by atoms with E-state index in [0.29, 0.717) is 11.3 Å². The van der Waals surface area contributed by atoms with E-state index in [1.54, 1.807) is 30.0 Å². The number of phenolic OH excluding ortho intramolecular Hbond substituents is 2. The molecule has 0 bridgehead atoms. The maximum Gasteiger partial charge on any atom is 0.123 e. The molecule has 1 aromatic carbocycles. The van der Waals surface area contributed by atoms with Gasteiger partial charge in [0.1, 0.15) is 11.5 Å². The normalized spacial score (nSPS) is 10.7. The molecule has 2 nitrogen and oxygen atoms in total. The summed E-state index contributed by atoms with van der Waals surface area (Å²) >= 11 is 1.78. The summed E-state index contributed by atoms with van der Waals surface area (Å²) in [6.45, 7) is 2.23. The molecule has 102 valence electrons. The Morgan fingerprint density at radius 3 is 2.22 bits per heavy atom. The molecule has 0 atom stereocenters. The van der Waals surface area contributed by atoms with Crippen LogP contribution in [0.5, 0.6) is 11.5 Å². The van der Waals surface area contributed by atoms with Crippen LogP contribution in [0.1, 0.15) is 51.0 Å². The molecule has 0 fully saturated rings. The van der Waals surface area contributed by atoms with Crippen molar-refractivity contribution in [2.75, 3.05) is 5.75 Å². The largest absolute Gasteiger partial charge is 0.507 e. The molecule has 0 unspecified atom stereocenters. The van der Waals surface area contributed by atoms with Gasteiger partial charge in [0, 0.05) is 11.3 Å². The van der Waals surface area contributed by atoms with E-state index < -0.39 is 0 Å². The van der Waals surface area contributed by atoms with Crippen LogP contribution >= 0.6 is 11.8 Å². The van der Waals surface area contributed by atoms with Gasteiger partial charge in [0.25, 0.3) is 0 Å². The minimum Gasteiger partial charge on any atom is -0.507 e. The third kappa shape index (κ3) is 5.67. The van der Waals surface area contributed by atoms with E-state index in [1.165, 1.54) is 38.5 Å². The van der Waals surface area contributed by atoms with Gasteiger partial charge in [-0.15, -0.1) is 0 Å². The highest BCUT2D eigenvalue weighted by Gasteiger charge is 2.06. The van der Waals surface area contributed by atoms with Gasteiger partial charge >= 0.3 is 0 Å². The van der Waals surface area contributed by atoms with Crippen LogP contribution in [0, 0.1) is 0 Å². The number of unbranched alkanes of at least 4 members (excludes halogenated alkanes) is 5. The zero-order valence-corrected chi connectivity index (χ0v) is 12.0. The first kappa shape index (κ1) is 15.2. The Bertz CT molecular complexity index is 319. The third-order valence-corrected chi connectivity index (χ3v) is 4.09. The predicted octanol–water partition coefficient (Wildman–Crippen LogP) is 4.69. The first-order chi connectivity index (χ1) is 8.75. The number of hydrogen-bond donors (Lipinski definition) is 2. The van der Waals surface area contributed by atoms with Gasteiger partial charge in [-0.25, -0.2) is 0 Å². The van der Waals surface area contributed by atoms with Crippen molar-refractivity contribution in [2.24, 2.45) is 0 Å². The van der Waals surface area contributed by atoms with Gasteiger partial charge in [0.2, 0.25) is 0 Å². The Morgan fingerprint density at radius 1 is 0.944 bits per heavy atom. The van der Waals surface area contributed by atoms with Crippen molar-refractivity contribution in [2.45, 2.75) is 51.2 Å². The molecule has 18 heavy (non-hydrogen) atoms. The maximum absolute atomic E-state index is 9.62. The van der Waals surface area contributed by atoms with Crippen molar-refractivity contribution < 1.29 is 10.2 Å². The third-order valence-electron chi connectivity index (χ3n) is 3.02. The Labute approximate surface area is 114 Å². The monoisotopic (exact) mass is 268 g/mol. The minimum atomic E-state index is 0.199. The summed E-state index contributed by atoms with van der Waals surface area (Å²) in [5, 5.41) is 19.2. The number of aromatic hydroxyl groups is 2. The molecule has 0 saturated heterocycles. The number of hydrogen-bond acceptors (Lipinski definition) is 3. The van der Waals surface area contributed by atoms with E-state index in [2.05, 4.69) is 6.92 Å². The van der Waals surface area contributed by atoms with Crippen molar-refractivity contribution in [3.05, 3.63) is 23.8 Å². The fourth-order valence-corrected chi connectivity index (χ4v) is 2.92. The summed E-state index contributed by atoms with van der Waals surface area (Å²) in [4.78, 5) is 0. The lowest BCUT2D eigenvalue weighted by molar-refractivity contribution is 0.442. The fraction of sp³-hybridized carbons (Fsp3) is 0.600. The van der Waals surface area contributed by atoms with Crippen molar-refractivity contribution >= 4 is 11.8 Å². The summed E-state index contributed by atoms with van der Waals surface area (Å²) in [6.07, 6.45) is 7.83. The first-order valence-electron chi connectivity index (χ1n) is 6.83. The van der Waals surface area contributed by atoms with Crippen molar-refractivity contribution in [1.29, 1.82) is 0 Å². The molecule has 0 aromatic heterocycles. The molecule has 0 aliphatic rings. The second-order valence-electron chi connectivity index (χ2n) is 4.60. The molecule has 0 aliphatic carbocycles. The van der Waals surface area contributed by atoms with E-state index >= 15 is 0 Å². The lowest BCUT2D eigenvalue weighted by Crippen LogP contribution is -1.87. The van der Waals surface area contributed by atoms with Gasteiger partial charge in [-0.3, -0.25) is 0 Å². The average Bonchev–Trinajstić information content (AvgIpc) is 2.35. The highest BCUT2D eigenvalue weighted by Crippen LogP contribution is 2.30. The van der Waals surface area contributed by atoms with Gasteiger partial charge in [0.15, 0.2) is 0 Å².